The van der Waals surface area contributed by atoms with Crippen molar-refractivity contribution in [2.45, 2.75) is 5.92 Å². The molecule has 2 aromatic rings. The largest absolute Gasteiger partial charge is 0.493 e. The fraction of sp³-hybridized carbons (Fsp3) is 0.211. The fourth-order valence-electron chi connectivity index (χ4n) is 3.21. The van der Waals surface area contributed by atoms with Crippen molar-refractivity contribution in [3.8, 4) is 23.3 Å². The molecule has 0 aromatic heterocycles. The van der Waals surface area contributed by atoms with E-state index in [0.29, 0.717) is 38.7 Å². The number of nitrogens with one attached hydrogen (secondary N) is 1. The number of nitrogens with zero attached hydrogens (tertiary/aromatic N) is 1. The molecule has 7 nitrogen and oxygen atoms in total. The lowest BCUT2D eigenvalue weighted by Crippen LogP contribution is -2.22. The Bertz CT molecular complexity index is 982. The molecule has 0 aliphatic carbocycles. The maximum Gasteiger partial charge on any atom is 0.205 e. The summed E-state index contributed by atoms with van der Waals surface area (Å²) in [5.41, 5.74) is 15.3. The van der Waals surface area contributed by atoms with Crippen LogP contribution in [0.25, 0.3) is 0 Å². The van der Waals surface area contributed by atoms with Crippen LogP contribution in [0, 0.1) is 11.3 Å². The first-order valence-corrected chi connectivity index (χ1v) is 8.85. The van der Waals surface area contributed by atoms with Gasteiger partial charge in [0.1, 0.15) is 11.6 Å². The Kier molecular flexibility index (Phi) is 5.06. The van der Waals surface area contributed by atoms with Crippen molar-refractivity contribution in [3.05, 3.63) is 51.3 Å². The van der Waals surface area contributed by atoms with Gasteiger partial charge in [0.15, 0.2) is 17.2 Å². The van der Waals surface area contributed by atoms with E-state index >= 15 is 0 Å². The third kappa shape index (κ3) is 3.00. The number of allylic oxidation sites excluding steroid dienone is 1. The van der Waals surface area contributed by atoms with Crippen molar-refractivity contribution in [1.82, 2.24) is 0 Å². The molecule has 0 saturated carbocycles. The first-order valence-electron chi connectivity index (χ1n) is 8.05. The van der Waals surface area contributed by atoms with Gasteiger partial charge in [-0.05, 0) is 39.7 Å². The highest BCUT2D eigenvalue weighted by Crippen LogP contribution is 2.49. The highest BCUT2D eigenvalue weighted by atomic mass is 79.9. The monoisotopic (exact) mass is 430 g/mol. The molecule has 0 spiro atoms. The summed E-state index contributed by atoms with van der Waals surface area (Å²) in [6, 6.07) is 9.56. The second-order valence-corrected chi connectivity index (χ2v) is 6.71. The Hall–Kier alpha value is -3.05. The number of fused-ring (bicyclic) bond motifs is 1. The molecule has 3 rings (SSSR count). The number of nitrogen functional groups attached to an aromatic ring is 1. The molecule has 0 saturated heterocycles. The van der Waals surface area contributed by atoms with Crippen molar-refractivity contribution >= 4 is 27.3 Å². The Morgan fingerprint density at radius 3 is 2.56 bits per heavy atom. The average molecular weight is 431 g/mol. The zero-order valence-electron chi connectivity index (χ0n) is 15.1. The van der Waals surface area contributed by atoms with Crippen LogP contribution in [0.5, 0.6) is 17.2 Å². The second-order valence-electron chi connectivity index (χ2n) is 5.86. The number of ether oxygens (including phenoxy) is 3. The summed E-state index contributed by atoms with van der Waals surface area (Å²) >= 11 is 3.50. The highest BCUT2D eigenvalue weighted by Gasteiger charge is 2.33. The van der Waals surface area contributed by atoms with Crippen LogP contribution in [-0.2, 0) is 0 Å². The average Bonchev–Trinajstić information content (AvgIpc) is 2.67. The number of hydrogen-bond donors (Lipinski definition) is 3. The molecular formula is C19H19BrN4O3. The Labute approximate surface area is 165 Å². The van der Waals surface area contributed by atoms with E-state index in [9.17, 15) is 5.26 Å². The molecule has 140 valence electrons. The maximum absolute atomic E-state index is 9.71. The van der Waals surface area contributed by atoms with Gasteiger partial charge in [-0.25, -0.2) is 0 Å². The van der Waals surface area contributed by atoms with E-state index in [0.717, 1.165) is 11.1 Å². The van der Waals surface area contributed by atoms with Gasteiger partial charge in [-0.2, -0.15) is 5.26 Å². The number of nitrogens with two attached hydrogens (primary N) is 2. The molecule has 1 heterocycles. The van der Waals surface area contributed by atoms with Gasteiger partial charge < -0.3 is 31.0 Å². The molecule has 1 aliphatic rings. The summed E-state index contributed by atoms with van der Waals surface area (Å²) in [4.78, 5) is 0. The van der Waals surface area contributed by atoms with Crippen LogP contribution in [0.2, 0.25) is 0 Å². The number of nitriles is 1. The number of methoxy groups -OCH3 is 2. The molecule has 0 fully saturated rings. The van der Waals surface area contributed by atoms with Crippen molar-refractivity contribution in [1.29, 1.82) is 5.26 Å². The van der Waals surface area contributed by atoms with Crippen molar-refractivity contribution < 1.29 is 14.2 Å². The Balaban J connectivity index is 2.28. The van der Waals surface area contributed by atoms with Gasteiger partial charge >= 0.3 is 0 Å². The predicted octanol–water partition coefficient (Wildman–Crippen LogP) is 3.31. The first kappa shape index (κ1) is 18.7. The van der Waals surface area contributed by atoms with Crippen molar-refractivity contribution in [3.63, 3.8) is 0 Å². The molecule has 0 radical (unpaired) electrons. The van der Waals surface area contributed by atoms with Crippen molar-refractivity contribution in [2.75, 3.05) is 32.3 Å². The van der Waals surface area contributed by atoms with Gasteiger partial charge in [-0.1, -0.05) is 6.07 Å². The van der Waals surface area contributed by atoms with E-state index in [2.05, 4.69) is 27.3 Å². The van der Waals surface area contributed by atoms with Gasteiger partial charge in [0.25, 0.3) is 0 Å². The Morgan fingerprint density at radius 1 is 1.22 bits per heavy atom. The molecule has 0 amide bonds. The molecule has 27 heavy (non-hydrogen) atoms. The summed E-state index contributed by atoms with van der Waals surface area (Å²) in [6.07, 6.45) is 0. The molecule has 8 heteroatoms. The quantitative estimate of drug-likeness (QED) is 0.636. The summed E-state index contributed by atoms with van der Waals surface area (Å²) < 4.78 is 17.2. The van der Waals surface area contributed by atoms with E-state index < -0.39 is 5.92 Å². The van der Waals surface area contributed by atoms with E-state index in [1.807, 2.05) is 24.3 Å². The third-order valence-electron chi connectivity index (χ3n) is 4.48. The minimum Gasteiger partial charge on any atom is -0.493 e. The molecule has 0 bridgehead atoms. The minimum atomic E-state index is -0.455. The van der Waals surface area contributed by atoms with Gasteiger partial charge in [0.2, 0.25) is 5.88 Å². The summed E-state index contributed by atoms with van der Waals surface area (Å²) in [5, 5.41) is 12.7. The van der Waals surface area contributed by atoms with Crippen LogP contribution in [0.3, 0.4) is 0 Å². The smallest absolute Gasteiger partial charge is 0.205 e. The van der Waals surface area contributed by atoms with Gasteiger partial charge in [-0.3, -0.25) is 0 Å². The van der Waals surface area contributed by atoms with Crippen LogP contribution in [0.1, 0.15) is 17.0 Å². The first-order chi connectivity index (χ1) is 13.0. The SMILES string of the molecule is CNc1ccc2c(c1N)OC(N)=C(C#N)C2c1cc(Br)c(OC)c(OC)c1. The van der Waals surface area contributed by atoms with Crippen LogP contribution >= 0.6 is 15.9 Å². The van der Waals surface area contributed by atoms with Crippen LogP contribution in [-0.4, -0.2) is 21.3 Å². The lowest BCUT2D eigenvalue weighted by molar-refractivity contribution is 0.352. The van der Waals surface area contributed by atoms with Crippen LogP contribution in [0.4, 0.5) is 11.4 Å². The van der Waals surface area contributed by atoms with Crippen molar-refractivity contribution in [2.24, 2.45) is 5.73 Å². The number of benzene rings is 2. The lowest BCUT2D eigenvalue weighted by atomic mass is 9.83. The highest BCUT2D eigenvalue weighted by molar-refractivity contribution is 9.10. The van der Waals surface area contributed by atoms with Gasteiger partial charge in [-0.15, -0.1) is 0 Å². The van der Waals surface area contributed by atoms with E-state index in [1.54, 1.807) is 21.3 Å². The van der Waals surface area contributed by atoms with Crippen LogP contribution in [0.15, 0.2) is 40.2 Å². The van der Waals surface area contributed by atoms with Gasteiger partial charge in [0.05, 0.1) is 36.0 Å². The summed E-state index contributed by atoms with van der Waals surface area (Å²) in [6.45, 7) is 0. The summed E-state index contributed by atoms with van der Waals surface area (Å²) in [7, 11) is 4.88. The number of halogens is 1. The van der Waals surface area contributed by atoms with Crippen LogP contribution < -0.4 is 31.0 Å². The minimum absolute atomic E-state index is 0.0286. The maximum atomic E-state index is 9.71. The third-order valence-corrected chi connectivity index (χ3v) is 5.07. The lowest BCUT2D eigenvalue weighted by Gasteiger charge is -2.28. The molecule has 1 atom stereocenters. The zero-order chi connectivity index (χ0) is 19.7. The standard InChI is InChI=1S/C19H19BrN4O3/c1-24-13-5-4-10-15(11(8-21)19(23)27-17(10)16(13)22)9-6-12(20)18(26-3)14(7-9)25-2/h4-7,15,24H,22-23H2,1-3H3. The van der Waals surface area contributed by atoms with E-state index in [4.69, 9.17) is 25.7 Å². The molecule has 2 aromatic carbocycles. The zero-order valence-corrected chi connectivity index (χ0v) is 16.7. The van der Waals surface area contributed by atoms with E-state index in [1.165, 1.54) is 0 Å². The number of hydrogen-bond acceptors (Lipinski definition) is 7. The normalized spacial score (nSPS) is 15.4. The van der Waals surface area contributed by atoms with E-state index in [-0.39, 0.29) is 5.88 Å². The number of anilines is 2. The molecule has 1 unspecified atom stereocenters. The predicted molar refractivity (Wildman–Crippen MR) is 107 cm³/mol. The topological polar surface area (TPSA) is 116 Å². The number of rotatable bonds is 4. The molecular weight excluding hydrogens is 412 g/mol. The fourth-order valence-corrected chi connectivity index (χ4v) is 3.83. The Morgan fingerprint density at radius 2 is 1.96 bits per heavy atom. The van der Waals surface area contributed by atoms with Gasteiger partial charge in [0, 0.05) is 12.6 Å². The second kappa shape index (κ2) is 7.29. The molecule has 5 N–H and O–H groups in total. The summed E-state index contributed by atoms with van der Waals surface area (Å²) in [5.74, 6) is 1.11. The molecule has 1 aliphatic heterocycles.